The number of carbonyl (C=O) groups is 4. The normalized spacial score (nSPS) is 23.5. The predicted molar refractivity (Wildman–Crippen MR) is 129 cm³/mol. The highest BCUT2D eigenvalue weighted by Crippen LogP contribution is 2.65. The lowest BCUT2D eigenvalue weighted by Crippen LogP contribution is -2.59. The van der Waals surface area contributed by atoms with Crippen LogP contribution in [0, 0.1) is 23.2 Å². The number of nitrogens with zero attached hydrogens (tertiary/aromatic N) is 3. The minimum atomic E-state index is -5.17. The smallest absolute Gasteiger partial charge is 0.368 e. The standard InChI is InChI=1S/C25H29F3N6O4/c1-11(2)16(32-23(38)25(26,27)28)22(37)34-10-14-15(24(14,3)4)19(34)21(36)31-18(20(29)35)17-13-8-6-5-7-12(13)9-30-33-17/h5-9,11,14-16,18-19H,10H2,1-4H3,(H2,29,35)(H,31,36)(H,32,38)/t14-,15-,16?,18?,19-/m0/s1. The van der Waals surface area contributed by atoms with Crippen LogP contribution in [-0.4, -0.2) is 63.5 Å². The maximum Gasteiger partial charge on any atom is 0.471 e. The molecule has 4 N–H and O–H groups in total. The number of hydrogen-bond donors (Lipinski definition) is 3. The summed E-state index contributed by atoms with van der Waals surface area (Å²) in [4.78, 5) is 52.4. The van der Waals surface area contributed by atoms with Crippen LogP contribution in [0.25, 0.3) is 10.8 Å². The zero-order valence-electron chi connectivity index (χ0n) is 21.2. The van der Waals surface area contributed by atoms with E-state index in [4.69, 9.17) is 5.73 Å². The average Bonchev–Trinajstić information content (AvgIpc) is 3.16. The zero-order chi connectivity index (χ0) is 28.2. The van der Waals surface area contributed by atoms with Crippen LogP contribution in [0.15, 0.2) is 30.5 Å². The number of nitrogens with one attached hydrogen (secondary N) is 2. The second-order valence-electron chi connectivity index (χ2n) is 10.7. The van der Waals surface area contributed by atoms with Crippen molar-refractivity contribution in [1.29, 1.82) is 0 Å². The van der Waals surface area contributed by atoms with Crippen molar-refractivity contribution in [2.45, 2.75) is 52.0 Å². The van der Waals surface area contributed by atoms with E-state index in [1.165, 1.54) is 24.9 Å². The van der Waals surface area contributed by atoms with E-state index in [1.807, 2.05) is 13.8 Å². The van der Waals surface area contributed by atoms with Crippen molar-refractivity contribution in [3.05, 3.63) is 36.2 Å². The first-order chi connectivity index (χ1) is 17.7. The number of piperidine rings is 1. The molecule has 2 aromatic rings. The molecule has 1 saturated heterocycles. The van der Waals surface area contributed by atoms with E-state index in [2.05, 4.69) is 15.5 Å². The van der Waals surface area contributed by atoms with Gasteiger partial charge in [-0.05, 0) is 23.2 Å². The van der Waals surface area contributed by atoms with Gasteiger partial charge in [-0.1, -0.05) is 52.0 Å². The van der Waals surface area contributed by atoms with E-state index in [0.29, 0.717) is 10.8 Å². The molecule has 4 amide bonds. The molecule has 1 aromatic heterocycles. The summed E-state index contributed by atoms with van der Waals surface area (Å²) in [5, 5.41) is 13.5. The molecule has 0 spiro atoms. The van der Waals surface area contributed by atoms with Gasteiger partial charge >= 0.3 is 12.1 Å². The number of hydrogen-bond acceptors (Lipinski definition) is 6. The zero-order valence-corrected chi connectivity index (χ0v) is 21.2. The number of rotatable bonds is 7. The largest absolute Gasteiger partial charge is 0.471 e. The van der Waals surface area contributed by atoms with E-state index < -0.39 is 53.8 Å². The lowest BCUT2D eigenvalue weighted by molar-refractivity contribution is -0.175. The van der Waals surface area contributed by atoms with Crippen LogP contribution in [0.5, 0.6) is 0 Å². The van der Waals surface area contributed by atoms with Crippen molar-refractivity contribution in [3.63, 3.8) is 0 Å². The number of aromatic nitrogens is 2. The van der Waals surface area contributed by atoms with E-state index in [-0.39, 0.29) is 29.5 Å². The van der Waals surface area contributed by atoms with Crippen molar-refractivity contribution in [2.24, 2.45) is 28.9 Å². The molecule has 0 radical (unpaired) electrons. The maximum absolute atomic E-state index is 13.7. The Morgan fingerprint density at radius 3 is 2.39 bits per heavy atom. The first kappa shape index (κ1) is 27.3. The Balaban J connectivity index is 1.63. The van der Waals surface area contributed by atoms with Crippen LogP contribution in [0.3, 0.4) is 0 Å². The number of alkyl halides is 3. The lowest BCUT2D eigenvalue weighted by atomic mass is 9.97. The van der Waals surface area contributed by atoms with Gasteiger partial charge in [0.05, 0.1) is 6.20 Å². The van der Waals surface area contributed by atoms with Gasteiger partial charge < -0.3 is 21.3 Å². The molecule has 2 aliphatic rings. The highest BCUT2D eigenvalue weighted by molar-refractivity contribution is 5.97. The third kappa shape index (κ3) is 4.76. The number of likely N-dealkylation sites (tertiary alicyclic amines) is 1. The molecule has 4 rings (SSSR count). The Bertz CT molecular complexity index is 1290. The summed E-state index contributed by atoms with van der Waals surface area (Å²) in [6.07, 6.45) is -3.68. The second-order valence-corrected chi connectivity index (χ2v) is 10.7. The lowest BCUT2D eigenvalue weighted by Gasteiger charge is -2.34. The van der Waals surface area contributed by atoms with Gasteiger partial charge in [-0.3, -0.25) is 19.2 Å². The minimum absolute atomic E-state index is 0.0855. The fraction of sp³-hybridized carbons (Fsp3) is 0.520. The number of fused-ring (bicyclic) bond motifs is 2. The Kier molecular flexibility index (Phi) is 6.83. The summed E-state index contributed by atoms with van der Waals surface area (Å²) in [7, 11) is 0. The first-order valence-corrected chi connectivity index (χ1v) is 12.1. The number of primary amides is 1. The molecule has 13 heteroatoms. The molecule has 2 fully saturated rings. The van der Waals surface area contributed by atoms with Crippen LogP contribution in [0.2, 0.25) is 0 Å². The topological polar surface area (TPSA) is 147 Å². The molecule has 38 heavy (non-hydrogen) atoms. The van der Waals surface area contributed by atoms with Crippen molar-refractivity contribution in [1.82, 2.24) is 25.7 Å². The highest BCUT2D eigenvalue weighted by Gasteiger charge is 2.69. The quantitative estimate of drug-likeness (QED) is 0.490. The Hall–Kier alpha value is -3.77. The molecule has 1 aliphatic carbocycles. The van der Waals surface area contributed by atoms with Crippen LogP contribution in [0.4, 0.5) is 13.2 Å². The van der Waals surface area contributed by atoms with Crippen LogP contribution in [0.1, 0.15) is 39.4 Å². The Labute approximate surface area is 216 Å². The minimum Gasteiger partial charge on any atom is -0.368 e. The summed E-state index contributed by atoms with van der Waals surface area (Å²) in [5.74, 6) is -5.71. The van der Waals surface area contributed by atoms with Gasteiger partial charge in [-0.15, -0.1) is 0 Å². The summed E-state index contributed by atoms with van der Waals surface area (Å²) in [6, 6.07) is 2.99. The summed E-state index contributed by atoms with van der Waals surface area (Å²) in [5.41, 5.74) is 5.44. The monoisotopic (exact) mass is 534 g/mol. The van der Waals surface area contributed by atoms with Gasteiger partial charge in [-0.2, -0.15) is 23.4 Å². The third-order valence-electron chi connectivity index (χ3n) is 7.68. The van der Waals surface area contributed by atoms with Gasteiger partial charge in [0, 0.05) is 17.3 Å². The van der Waals surface area contributed by atoms with Crippen molar-refractivity contribution >= 4 is 34.4 Å². The summed E-state index contributed by atoms with van der Waals surface area (Å²) < 4.78 is 38.8. The molecular formula is C25H29F3N6O4. The molecule has 204 valence electrons. The molecule has 1 aliphatic heterocycles. The van der Waals surface area contributed by atoms with Crippen molar-refractivity contribution in [2.75, 3.05) is 6.54 Å². The Morgan fingerprint density at radius 2 is 1.79 bits per heavy atom. The first-order valence-electron chi connectivity index (χ1n) is 12.1. The molecule has 5 atom stereocenters. The average molecular weight is 535 g/mol. The van der Waals surface area contributed by atoms with E-state index in [0.717, 1.165) is 0 Å². The third-order valence-corrected chi connectivity index (χ3v) is 7.68. The number of carbonyl (C=O) groups excluding carboxylic acids is 4. The van der Waals surface area contributed by atoms with Gasteiger partial charge in [0.2, 0.25) is 17.7 Å². The van der Waals surface area contributed by atoms with Crippen LogP contribution in [-0.2, 0) is 19.2 Å². The molecule has 2 heterocycles. The number of halogens is 3. The van der Waals surface area contributed by atoms with E-state index >= 15 is 0 Å². The number of benzene rings is 1. The molecule has 2 unspecified atom stereocenters. The highest BCUT2D eigenvalue weighted by atomic mass is 19.4. The maximum atomic E-state index is 13.7. The molecule has 10 nitrogen and oxygen atoms in total. The predicted octanol–water partition coefficient (Wildman–Crippen LogP) is 1.46. The molecule has 1 aromatic carbocycles. The van der Waals surface area contributed by atoms with Crippen molar-refractivity contribution < 1.29 is 32.3 Å². The fourth-order valence-corrected chi connectivity index (χ4v) is 5.49. The SMILES string of the molecule is CC(C)C(NC(=O)C(F)(F)F)C(=O)N1C[C@H]2[C@@H]([C@H]1C(=O)NC(C(N)=O)c1nncc3ccccc13)C2(C)C. The van der Waals surface area contributed by atoms with Gasteiger partial charge in [-0.25, -0.2) is 0 Å². The second kappa shape index (κ2) is 9.52. The van der Waals surface area contributed by atoms with E-state index in [9.17, 15) is 32.3 Å². The van der Waals surface area contributed by atoms with Crippen LogP contribution >= 0.6 is 0 Å². The van der Waals surface area contributed by atoms with Gasteiger partial charge in [0.25, 0.3) is 0 Å². The van der Waals surface area contributed by atoms with Crippen LogP contribution < -0.4 is 16.4 Å². The van der Waals surface area contributed by atoms with Gasteiger partial charge in [0.1, 0.15) is 17.8 Å². The van der Waals surface area contributed by atoms with E-state index in [1.54, 1.807) is 29.6 Å². The fourth-order valence-electron chi connectivity index (χ4n) is 5.49. The molecular weight excluding hydrogens is 505 g/mol. The summed E-state index contributed by atoms with van der Waals surface area (Å²) in [6.45, 7) is 6.97. The number of amides is 4. The van der Waals surface area contributed by atoms with Crippen molar-refractivity contribution in [3.8, 4) is 0 Å². The summed E-state index contributed by atoms with van der Waals surface area (Å²) >= 11 is 0. The van der Waals surface area contributed by atoms with Gasteiger partial charge in [0.15, 0.2) is 6.04 Å². The molecule has 0 bridgehead atoms. The Morgan fingerprint density at radius 1 is 1.13 bits per heavy atom. The molecule has 1 saturated carbocycles. The number of nitrogens with two attached hydrogens (primary N) is 1.